The lowest BCUT2D eigenvalue weighted by atomic mass is 10.1. The van der Waals surface area contributed by atoms with Crippen LogP contribution >= 0.6 is 0 Å². The van der Waals surface area contributed by atoms with Gasteiger partial charge in [0.2, 0.25) is 17.8 Å². The van der Waals surface area contributed by atoms with Crippen LogP contribution in [0.4, 0.5) is 17.8 Å². The number of aromatic amines is 1. The van der Waals surface area contributed by atoms with Gasteiger partial charge < -0.3 is 15.6 Å². The number of H-pyrrole nitrogens is 1. The lowest BCUT2D eigenvalue weighted by Crippen LogP contribution is -2.10. The van der Waals surface area contributed by atoms with Crippen LogP contribution in [0.2, 0.25) is 0 Å². The summed E-state index contributed by atoms with van der Waals surface area (Å²) in [6, 6.07) is 8.13. The van der Waals surface area contributed by atoms with Crippen molar-refractivity contribution in [2.45, 2.75) is 20.8 Å². The molecule has 3 rings (SSSR count). The summed E-state index contributed by atoms with van der Waals surface area (Å²) in [6.07, 6.45) is 1.78. The van der Waals surface area contributed by atoms with Crippen molar-refractivity contribution in [1.82, 2.24) is 19.9 Å². The van der Waals surface area contributed by atoms with Gasteiger partial charge in [0.1, 0.15) is 0 Å². The number of nitrogens with one attached hydrogen (secondary N) is 4. The highest BCUT2D eigenvalue weighted by Crippen LogP contribution is 2.20. The largest absolute Gasteiger partial charge is 0.358 e. The summed E-state index contributed by atoms with van der Waals surface area (Å²) in [6.45, 7) is 7.46. The molecule has 0 fully saturated rings. The second-order valence-corrected chi connectivity index (χ2v) is 5.45. The molecule has 0 aliphatic heterocycles. The van der Waals surface area contributed by atoms with Gasteiger partial charge in [0.15, 0.2) is 0 Å². The molecular formula is C17H22N8. The number of rotatable bonds is 7. The molecule has 8 heteroatoms. The van der Waals surface area contributed by atoms with Crippen molar-refractivity contribution in [3.63, 3.8) is 0 Å². The highest BCUT2D eigenvalue weighted by molar-refractivity contribution is 6.00. The molecule has 2 heterocycles. The van der Waals surface area contributed by atoms with E-state index in [1.807, 2.05) is 39.0 Å². The minimum absolute atomic E-state index is 0.385. The fourth-order valence-electron chi connectivity index (χ4n) is 2.52. The molecule has 0 aliphatic rings. The Hall–Kier alpha value is -3.16. The van der Waals surface area contributed by atoms with Crippen LogP contribution in [0, 0.1) is 6.92 Å². The second kappa shape index (κ2) is 7.61. The van der Waals surface area contributed by atoms with E-state index in [-0.39, 0.29) is 0 Å². The summed E-state index contributed by atoms with van der Waals surface area (Å²) in [5.41, 5.74) is 6.07. The first-order valence-corrected chi connectivity index (χ1v) is 8.31. The molecule has 0 atom stereocenters. The van der Waals surface area contributed by atoms with E-state index in [1.165, 1.54) is 0 Å². The van der Waals surface area contributed by atoms with Gasteiger partial charge in [-0.3, -0.25) is 0 Å². The van der Waals surface area contributed by atoms with Crippen molar-refractivity contribution >= 4 is 35.0 Å². The lowest BCUT2D eigenvalue weighted by molar-refractivity contribution is 0.992. The third-order valence-electron chi connectivity index (χ3n) is 3.61. The number of aryl methyl sites for hydroxylation is 1. The van der Waals surface area contributed by atoms with E-state index in [0.717, 1.165) is 35.2 Å². The third kappa shape index (κ3) is 3.85. The lowest BCUT2D eigenvalue weighted by Gasteiger charge is -2.07. The SMILES string of the molecule is CCNc1nc(NCC)nc(N/N=C/c2c(C)[nH]c3ccccc23)n1. The van der Waals surface area contributed by atoms with Gasteiger partial charge in [-0.05, 0) is 26.8 Å². The first-order valence-electron chi connectivity index (χ1n) is 8.31. The Morgan fingerprint density at radius 3 is 2.32 bits per heavy atom. The number of aromatic nitrogens is 4. The predicted octanol–water partition coefficient (Wildman–Crippen LogP) is 2.97. The van der Waals surface area contributed by atoms with Crippen molar-refractivity contribution in [3.05, 3.63) is 35.5 Å². The van der Waals surface area contributed by atoms with E-state index in [2.05, 4.69) is 47.2 Å². The van der Waals surface area contributed by atoms with Crippen LogP contribution in [0.25, 0.3) is 10.9 Å². The second-order valence-electron chi connectivity index (χ2n) is 5.45. The number of nitrogens with zero attached hydrogens (tertiary/aromatic N) is 4. The monoisotopic (exact) mass is 338 g/mol. The molecule has 0 radical (unpaired) electrons. The molecule has 0 unspecified atom stereocenters. The molecule has 130 valence electrons. The summed E-state index contributed by atoms with van der Waals surface area (Å²) in [5, 5.41) is 11.6. The summed E-state index contributed by atoms with van der Waals surface area (Å²) in [4.78, 5) is 16.2. The van der Waals surface area contributed by atoms with Crippen LogP contribution in [0.3, 0.4) is 0 Å². The average Bonchev–Trinajstić information content (AvgIpc) is 2.91. The van der Waals surface area contributed by atoms with Crippen molar-refractivity contribution in [2.24, 2.45) is 5.10 Å². The van der Waals surface area contributed by atoms with Gasteiger partial charge in [-0.25, -0.2) is 5.43 Å². The first kappa shape index (κ1) is 16.7. The molecule has 0 bridgehead atoms. The number of anilines is 3. The van der Waals surface area contributed by atoms with Crippen LogP contribution in [-0.2, 0) is 0 Å². The van der Waals surface area contributed by atoms with E-state index in [0.29, 0.717) is 17.8 Å². The normalized spacial score (nSPS) is 11.2. The van der Waals surface area contributed by atoms with E-state index in [9.17, 15) is 0 Å². The number of para-hydroxylation sites is 1. The Balaban J connectivity index is 1.82. The quantitative estimate of drug-likeness (QED) is 0.390. The van der Waals surface area contributed by atoms with E-state index in [1.54, 1.807) is 6.21 Å². The fraction of sp³-hybridized carbons (Fsp3) is 0.294. The topological polar surface area (TPSA) is 103 Å². The smallest absolute Gasteiger partial charge is 0.250 e. The molecule has 0 saturated heterocycles. The number of hydrazone groups is 1. The maximum Gasteiger partial charge on any atom is 0.250 e. The zero-order chi connectivity index (χ0) is 17.6. The summed E-state index contributed by atoms with van der Waals surface area (Å²) >= 11 is 0. The zero-order valence-corrected chi connectivity index (χ0v) is 14.6. The van der Waals surface area contributed by atoms with Gasteiger partial charge in [-0.2, -0.15) is 20.1 Å². The molecule has 4 N–H and O–H groups in total. The van der Waals surface area contributed by atoms with E-state index < -0.39 is 0 Å². The Kier molecular flexibility index (Phi) is 5.08. The highest BCUT2D eigenvalue weighted by atomic mass is 15.4. The molecule has 25 heavy (non-hydrogen) atoms. The molecule has 0 amide bonds. The number of benzene rings is 1. The Morgan fingerprint density at radius 2 is 1.64 bits per heavy atom. The van der Waals surface area contributed by atoms with Crippen LogP contribution in [0.15, 0.2) is 29.4 Å². The fourth-order valence-corrected chi connectivity index (χ4v) is 2.52. The Morgan fingerprint density at radius 1 is 1.00 bits per heavy atom. The Labute approximate surface area is 146 Å². The minimum atomic E-state index is 0.385. The summed E-state index contributed by atoms with van der Waals surface area (Å²) in [5.74, 6) is 1.40. The van der Waals surface area contributed by atoms with Crippen molar-refractivity contribution in [3.8, 4) is 0 Å². The molecule has 0 saturated carbocycles. The molecule has 3 aromatic rings. The standard InChI is InChI=1S/C17H22N8/c1-4-18-15-22-16(19-5-2)24-17(23-15)25-20-10-13-11(3)21-14-9-7-6-8-12(13)14/h6-10,21H,4-5H2,1-3H3,(H3,18,19,22,23,24,25)/b20-10+. The minimum Gasteiger partial charge on any atom is -0.358 e. The van der Waals surface area contributed by atoms with Crippen LogP contribution < -0.4 is 16.1 Å². The van der Waals surface area contributed by atoms with Gasteiger partial charge in [-0.1, -0.05) is 18.2 Å². The molecule has 0 spiro atoms. The summed E-state index contributed by atoms with van der Waals surface area (Å²) < 4.78 is 0. The van der Waals surface area contributed by atoms with Gasteiger partial charge >= 0.3 is 0 Å². The first-order chi connectivity index (χ1) is 12.2. The number of hydrogen-bond donors (Lipinski definition) is 4. The highest BCUT2D eigenvalue weighted by Gasteiger charge is 2.07. The molecule has 0 aliphatic carbocycles. The molecule has 2 aromatic heterocycles. The Bertz CT molecular complexity index is 859. The molecular weight excluding hydrogens is 316 g/mol. The van der Waals surface area contributed by atoms with Crippen LogP contribution in [0.5, 0.6) is 0 Å². The molecule has 1 aromatic carbocycles. The van der Waals surface area contributed by atoms with Gasteiger partial charge in [0, 0.05) is 35.2 Å². The molecule has 8 nitrogen and oxygen atoms in total. The number of hydrogen-bond acceptors (Lipinski definition) is 7. The van der Waals surface area contributed by atoms with Crippen molar-refractivity contribution < 1.29 is 0 Å². The predicted molar refractivity (Wildman–Crippen MR) is 102 cm³/mol. The van der Waals surface area contributed by atoms with Gasteiger partial charge in [0.05, 0.1) is 6.21 Å². The van der Waals surface area contributed by atoms with Gasteiger partial charge in [0.25, 0.3) is 0 Å². The van der Waals surface area contributed by atoms with Crippen molar-refractivity contribution in [2.75, 3.05) is 29.1 Å². The third-order valence-corrected chi connectivity index (χ3v) is 3.61. The van der Waals surface area contributed by atoms with Crippen LogP contribution in [-0.4, -0.2) is 39.2 Å². The van der Waals surface area contributed by atoms with E-state index >= 15 is 0 Å². The summed E-state index contributed by atoms with van der Waals surface area (Å²) in [7, 11) is 0. The van der Waals surface area contributed by atoms with Crippen molar-refractivity contribution in [1.29, 1.82) is 0 Å². The van der Waals surface area contributed by atoms with Gasteiger partial charge in [-0.15, -0.1) is 0 Å². The number of fused-ring (bicyclic) bond motifs is 1. The van der Waals surface area contributed by atoms with E-state index in [4.69, 9.17) is 0 Å². The maximum atomic E-state index is 4.30. The maximum absolute atomic E-state index is 4.30. The van der Waals surface area contributed by atoms with Crippen LogP contribution in [0.1, 0.15) is 25.1 Å². The zero-order valence-electron chi connectivity index (χ0n) is 14.6. The average molecular weight is 338 g/mol.